The fourth-order valence-electron chi connectivity index (χ4n) is 5.54. The van der Waals surface area contributed by atoms with Crippen LogP contribution in [0, 0.1) is 12.3 Å². The Morgan fingerprint density at radius 1 is 0.971 bits per heavy atom. The standard InChI is InChI=1S/C24H31F6N3O2/c1-17-4-5-18(14-19(17)32-9-2-3-10-32)15-31-11-6-22(16-31)7-12-33(13-8-22)21(34)35-20(23(25,26)27)24(28,29)30/h4-5,14,20H,2-3,6-13,15-16H2,1H3. The maximum atomic E-state index is 12.7. The maximum absolute atomic E-state index is 12.7. The molecule has 0 unspecified atom stereocenters. The lowest BCUT2D eigenvalue weighted by Gasteiger charge is -2.39. The van der Waals surface area contributed by atoms with Crippen molar-refractivity contribution in [1.29, 1.82) is 0 Å². The minimum absolute atomic E-state index is 0.0821. The van der Waals surface area contributed by atoms with E-state index in [-0.39, 0.29) is 18.5 Å². The van der Waals surface area contributed by atoms with E-state index in [0.717, 1.165) is 44.0 Å². The Balaban J connectivity index is 1.31. The third kappa shape index (κ3) is 5.98. The molecule has 1 aromatic carbocycles. The molecule has 0 saturated carbocycles. The molecule has 3 fully saturated rings. The molecule has 196 valence electrons. The molecule has 0 radical (unpaired) electrons. The molecule has 0 aromatic heterocycles. The predicted molar refractivity (Wildman–Crippen MR) is 118 cm³/mol. The van der Waals surface area contributed by atoms with Gasteiger partial charge in [0.15, 0.2) is 0 Å². The topological polar surface area (TPSA) is 36.0 Å². The number of rotatable bonds is 4. The van der Waals surface area contributed by atoms with E-state index in [2.05, 4.69) is 39.7 Å². The number of benzene rings is 1. The van der Waals surface area contributed by atoms with Crippen LogP contribution < -0.4 is 4.90 Å². The SMILES string of the molecule is Cc1ccc(CN2CCC3(CCN(C(=O)OC(C(F)(F)F)C(F)(F)F)CC3)C2)cc1N1CCCC1. The quantitative estimate of drug-likeness (QED) is 0.504. The highest BCUT2D eigenvalue weighted by Crippen LogP contribution is 2.42. The summed E-state index contributed by atoms with van der Waals surface area (Å²) in [6.45, 7) is 6.86. The third-order valence-corrected chi connectivity index (χ3v) is 7.54. The summed E-state index contributed by atoms with van der Waals surface area (Å²) in [4.78, 5) is 17.8. The normalized spacial score (nSPS) is 21.4. The Hall–Kier alpha value is -2.17. The van der Waals surface area contributed by atoms with Crippen molar-refractivity contribution in [3.05, 3.63) is 29.3 Å². The number of hydrogen-bond acceptors (Lipinski definition) is 4. The van der Waals surface area contributed by atoms with E-state index in [4.69, 9.17) is 0 Å². The Labute approximate surface area is 201 Å². The molecule has 4 rings (SSSR count). The molecule has 3 heterocycles. The van der Waals surface area contributed by atoms with E-state index >= 15 is 0 Å². The van der Waals surface area contributed by atoms with E-state index < -0.39 is 24.5 Å². The first-order valence-corrected chi connectivity index (χ1v) is 12.0. The Bertz CT molecular complexity index is 892. The minimum atomic E-state index is -5.71. The lowest BCUT2D eigenvalue weighted by atomic mass is 9.78. The number of amides is 1. The van der Waals surface area contributed by atoms with Crippen LogP contribution in [-0.4, -0.2) is 73.6 Å². The number of ether oxygens (including phenoxy) is 1. The van der Waals surface area contributed by atoms with Crippen LogP contribution in [0.2, 0.25) is 0 Å². The lowest BCUT2D eigenvalue weighted by Crippen LogP contribution is -2.50. The molecule has 5 nitrogen and oxygen atoms in total. The summed E-state index contributed by atoms with van der Waals surface area (Å²) < 4.78 is 80.2. The second-order valence-electron chi connectivity index (χ2n) is 10.1. The molecule has 3 aliphatic heterocycles. The molecule has 0 atom stereocenters. The molecular weight excluding hydrogens is 476 g/mol. The highest BCUT2D eigenvalue weighted by atomic mass is 19.4. The van der Waals surface area contributed by atoms with Crippen LogP contribution in [0.15, 0.2) is 18.2 Å². The van der Waals surface area contributed by atoms with Crippen molar-refractivity contribution in [2.45, 2.75) is 64.0 Å². The van der Waals surface area contributed by atoms with Gasteiger partial charge in [-0.15, -0.1) is 0 Å². The highest BCUT2D eigenvalue weighted by Gasteiger charge is 2.60. The number of piperidine rings is 1. The van der Waals surface area contributed by atoms with Gasteiger partial charge in [-0.25, -0.2) is 4.79 Å². The summed E-state index contributed by atoms with van der Waals surface area (Å²) >= 11 is 0. The number of aryl methyl sites for hydroxylation is 1. The number of carbonyl (C=O) groups is 1. The second kappa shape index (κ2) is 9.71. The van der Waals surface area contributed by atoms with Crippen LogP contribution in [0.4, 0.5) is 36.8 Å². The van der Waals surface area contributed by atoms with Crippen molar-refractivity contribution in [1.82, 2.24) is 9.80 Å². The van der Waals surface area contributed by atoms with Gasteiger partial charge in [0, 0.05) is 45.0 Å². The largest absolute Gasteiger partial charge is 0.434 e. The van der Waals surface area contributed by atoms with Crippen LogP contribution in [0.25, 0.3) is 0 Å². The van der Waals surface area contributed by atoms with E-state index in [9.17, 15) is 31.1 Å². The number of anilines is 1. The van der Waals surface area contributed by atoms with Crippen LogP contribution in [0.5, 0.6) is 0 Å². The van der Waals surface area contributed by atoms with Crippen LogP contribution in [0.3, 0.4) is 0 Å². The van der Waals surface area contributed by atoms with Crippen molar-refractivity contribution in [2.75, 3.05) is 44.2 Å². The first-order chi connectivity index (χ1) is 16.4. The Morgan fingerprint density at radius 3 is 2.17 bits per heavy atom. The minimum Gasteiger partial charge on any atom is -0.426 e. The molecule has 3 aliphatic rings. The zero-order valence-corrected chi connectivity index (χ0v) is 19.7. The Morgan fingerprint density at radius 2 is 1.57 bits per heavy atom. The summed E-state index contributed by atoms with van der Waals surface area (Å²) in [5, 5.41) is 0. The van der Waals surface area contributed by atoms with Gasteiger partial charge in [0.05, 0.1) is 0 Å². The van der Waals surface area contributed by atoms with Gasteiger partial charge in [-0.1, -0.05) is 12.1 Å². The van der Waals surface area contributed by atoms with Crippen molar-refractivity contribution < 1.29 is 35.9 Å². The third-order valence-electron chi connectivity index (χ3n) is 7.54. The van der Waals surface area contributed by atoms with Gasteiger partial charge in [0.1, 0.15) is 0 Å². The number of hydrogen-bond donors (Lipinski definition) is 0. The molecule has 1 spiro atoms. The van der Waals surface area contributed by atoms with Crippen LogP contribution >= 0.6 is 0 Å². The molecular formula is C24H31F6N3O2. The van der Waals surface area contributed by atoms with Crippen molar-refractivity contribution in [2.24, 2.45) is 5.41 Å². The number of carbonyl (C=O) groups excluding carboxylic acids is 1. The zero-order valence-electron chi connectivity index (χ0n) is 19.7. The fourth-order valence-corrected chi connectivity index (χ4v) is 5.54. The monoisotopic (exact) mass is 507 g/mol. The highest BCUT2D eigenvalue weighted by molar-refractivity contribution is 5.68. The van der Waals surface area contributed by atoms with E-state index in [1.54, 1.807) is 0 Å². The van der Waals surface area contributed by atoms with Crippen LogP contribution in [0.1, 0.15) is 43.2 Å². The second-order valence-corrected chi connectivity index (χ2v) is 10.1. The van der Waals surface area contributed by atoms with Gasteiger partial charge >= 0.3 is 18.4 Å². The summed E-state index contributed by atoms with van der Waals surface area (Å²) in [6.07, 6.45) is -12.8. The van der Waals surface area contributed by atoms with Gasteiger partial charge in [-0.05, 0) is 68.2 Å². The smallest absolute Gasteiger partial charge is 0.426 e. The molecule has 3 saturated heterocycles. The van der Waals surface area contributed by atoms with Gasteiger partial charge in [0.2, 0.25) is 0 Å². The number of halogens is 6. The maximum Gasteiger partial charge on any atom is 0.434 e. The van der Waals surface area contributed by atoms with Crippen molar-refractivity contribution in [3.63, 3.8) is 0 Å². The number of nitrogens with zero attached hydrogens (tertiary/aromatic N) is 3. The van der Waals surface area contributed by atoms with Crippen molar-refractivity contribution >= 4 is 11.8 Å². The zero-order chi connectivity index (χ0) is 25.4. The number of alkyl halides is 6. The first kappa shape index (κ1) is 25.9. The summed E-state index contributed by atoms with van der Waals surface area (Å²) in [6, 6.07) is 6.53. The van der Waals surface area contributed by atoms with E-state index in [1.165, 1.54) is 29.7 Å². The lowest BCUT2D eigenvalue weighted by molar-refractivity contribution is -0.308. The molecule has 0 aliphatic carbocycles. The van der Waals surface area contributed by atoms with Crippen molar-refractivity contribution in [3.8, 4) is 0 Å². The molecule has 1 amide bonds. The van der Waals surface area contributed by atoms with E-state index in [0.29, 0.717) is 12.8 Å². The predicted octanol–water partition coefficient (Wildman–Crippen LogP) is 5.51. The van der Waals surface area contributed by atoms with Gasteiger partial charge in [0.25, 0.3) is 6.10 Å². The van der Waals surface area contributed by atoms with Gasteiger partial charge < -0.3 is 14.5 Å². The summed E-state index contributed by atoms with van der Waals surface area (Å²) in [7, 11) is 0. The van der Waals surface area contributed by atoms with Gasteiger partial charge in [-0.2, -0.15) is 26.3 Å². The van der Waals surface area contributed by atoms with E-state index in [1.807, 2.05) is 0 Å². The summed E-state index contributed by atoms with van der Waals surface area (Å²) in [5.74, 6) is 0. The molecule has 35 heavy (non-hydrogen) atoms. The van der Waals surface area contributed by atoms with Gasteiger partial charge in [-0.3, -0.25) is 4.90 Å². The average molecular weight is 508 g/mol. The Kier molecular flexibility index (Phi) is 7.19. The van der Waals surface area contributed by atoms with Crippen LogP contribution in [-0.2, 0) is 11.3 Å². The average Bonchev–Trinajstić information content (AvgIpc) is 3.43. The number of likely N-dealkylation sites (tertiary alicyclic amines) is 2. The fraction of sp³-hybridized carbons (Fsp3) is 0.708. The molecule has 0 N–H and O–H groups in total. The summed E-state index contributed by atoms with van der Waals surface area (Å²) in [5.41, 5.74) is 3.66. The molecule has 11 heteroatoms. The molecule has 1 aromatic rings. The molecule has 0 bridgehead atoms. The first-order valence-electron chi connectivity index (χ1n) is 12.0.